The van der Waals surface area contributed by atoms with Crippen molar-refractivity contribution in [3.8, 4) is 0 Å². The first kappa shape index (κ1) is 13.8. The van der Waals surface area contributed by atoms with Crippen LogP contribution in [-0.4, -0.2) is 37.3 Å². The van der Waals surface area contributed by atoms with Gasteiger partial charge in [-0.2, -0.15) is 12.7 Å². The summed E-state index contributed by atoms with van der Waals surface area (Å²) in [5, 5.41) is 0. The average Bonchev–Trinajstić information content (AvgIpc) is 2.27. The van der Waals surface area contributed by atoms with Gasteiger partial charge in [-0.1, -0.05) is 25.6 Å². The molecule has 1 aliphatic rings. The summed E-state index contributed by atoms with van der Waals surface area (Å²) < 4.78 is 27.7. The van der Waals surface area contributed by atoms with Crippen molar-refractivity contribution in [3.63, 3.8) is 0 Å². The molecule has 0 aliphatic carbocycles. The topological polar surface area (TPSA) is 75.4 Å². The maximum Gasteiger partial charge on any atom is 0.279 e. The van der Waals surface area contributed by atoms with Crippen molar-refractivity contribution in [2.24, 2.45) is 11.7 Å². The van der Waals surface area contributed by atoms with E-state index in [2.05, 4.69) is 4.72 Å². The zero-order valence-corrected chi connectivity index (χ0v) is 11.1. The molecular weight excluding hydrogens is 246 g/mol. The number of rotatable bonds is 5. The Morgan fingerprint density at radius 1 is 1.44 bits per heavy atom. The van der Waals surface area contributed by atoms with E-state index in [4.69, 9.17) is 18.0 Å². The minimum atomic E-state index is -3.34. The highest BCUT2D eigenvalue weighted by atomic mass is 32.2. The van der Waals surface area contributed by atoms with Gasteiger partial charge in [0.05, 0.1) is 4.99 Å². The Labute approximate surface area is 103 Å². The van der Waals surface area contributed by atoms with Crippen molar-refractivity contribution < 1.29 is 8.42 Å². The van der Waals surface area contributed by atoms with E-state index in [0.29, 0.717) is 18.1 Å². The van der Waals surface area contributed by atoms with Gasteiger partial charge in [-0.25, -0.2) is 4.72 Å². The first-order valence-electron chi connectivity index (χ1n) is 5.47. The van der Waals surface area contributed by atoms with E-state index >= 15 is 0 Å². The summed E-state index contributed by atoms with van der Waals surface area (Å²) >= 11 is 4.79. The Hall–Kier alpha value is -0.240. The van der Waals surface area contributed by atoms with Gasteiger partial charge in [0.1, 0.15) is 0 Å². The summed E-state index contributed by atoms with van der Waals surface area (Å²) in [7, 11) is -3.34. The van der Waals surface area contributed by atoms with Crippen LogP contribution >= 0.6 is 12.2 Å². The van der Waals surface area contributed by atoms with Crippen LogP contribution in [0, 0.1) is 5.92 Å². The van der Waals surface area contributed by atoms with Gasteiger partial charge in [-0.05, 0) is 12.8 Å². The van der Waals surface area contributed by atoms with Crippen LogP contribution in [-0.2, 0) is 10.2 Å². The van der Waals surface area contributed by atoms with Gasteiger partial charge in [0.2, 0.25) is 0 Å². The molecule has 1 atom stereocenters. The van der Waals surface area contributed by atoms with Gasteiger partial charge in [-0.15, -0.1) is 0 Å². The molecule has 0 amide bonds. The maximum atomic E-state index is 11.8. The first-order chi connectivity index (χ1) is 7.43. The molecule has 0 aromatic heterocycles. The number of nitrogens with zero attached hydrogens (tertiary/aromatic N) is 1. The van der Waals surface area contributed by atoms with E-state index < -0.39 is 10.2 Å². The molecule has 94 valence electrons. The minimum Gasteiger partial charge on any atom is -0.393 e. The van der Waals surface area contributed by atoms with Crippen LogP contribution < -0.4 is 10.5 Å². The summed E-state index contributed by atoms with van der Waals surface area (Å²) in [6, 6.07) is 0. The molecule has 1 rings (SSSR count). The second kappa shape index (κ2) is 5.90. The molecule has 1 saturated heterocycles. The lowest BCUT2D eigenvalue weighted by atomic mass is 10.2. The first-order valence-corrected chi connectivity index (χ1v) is 7.32. The van der Waals surface area contributed by atoms with Crippen molar-refractivity contribution in [2.75, 3.05) is 19.6 Å². The average molecular weight is 265 g/mol. The predicted molar refractivity (Wildman–Crippen MR) is 68.3 cm³/mol. The summed E-state index contributed by atoms with van der Waals surface area (Å²) in [6.45, 7) is 3.29. The van der Waals surface area contributed by atoms with Gasteiger partial charge in [0, 0.05) is 25.6 Å². The molecule has 3 N–H and O–H groups in total. The largest absolute Gasteiger partial charge is 0.393 e. The van der Waals surface area contributed by atoms with Crippen molar-refractivity contribution >= 4 is 27.4 Å². The fourth-order valence-electron chi connectivity index (χ4n) is 1.53. The molecule has 0 radical (unpaired) electrons. The Kier molecular flexibility index (Phi) is 5.10. The highest BCUT2D eigenvalue weighted by Gasteiger charge is 2.23. The Morgan fingerprint density at radius 3 is 2.50 bits per heavy atom. The molecule has 16 heavy (non-hydrogen) atoms. The smallest absolute Gasteiger partial charge is 0.279 e. The number of thiocarbonyl (C=S) groups is 1. The molecule has 0 spiro atoms. The second-order valence-electron chi connectivity index (χ2n) is 4.12. The molecule has 0 aromatic carbocycles. The standard InChI is InChI=1S/C9H19N3O2S2/c1-8(9(10)15)7-11-16(13,14)12-5-3-2-4-6-12/h8,11H,2-7H2,1H3,(H2,10,15). The number of hydrogen-bond acceptors (Lipinski definition) is 3. The number of nitrogens with two attached hydrogens (primary N) is 1. The van der Waals surface area contributed by atoms with Crippen LogP contribution in [0.4, 0.5) is 0 Å². The highest BCUT2D eigenvalue weighted by molar-refractivity contribution is 7.87. The van der Waals surface area contributed by atoms with Gasteiger partial charge in [0.25, 0.3) is 10.2 Å². The molecule has 1 aliphatic heterocycles. The Bertz CT molecular complexity index is 337. The lowest BCUT2D eigenvalue weighted by molar-refractivity contribution is 0.341. The molecule has 0 bridgehead atoms. The molecule has 1 fully saturated rings. The number of nitrogens with one attached hydrogen (secondary N) is 1. The van der Waals surface area contributed by atoms with E-state index in [0.717, 1.165) is 19.3 Å². The van der Waals surface area contributed by atoms with Crippen LogP contribution in [0.3, 0.4) is 0 Å². The lowest BCUT2D eigenvalue weighted by Gasteiger charge is -2.26. The third kappa shape index (κ3) is 3.97. The van der Waals surface area contributed by atoms with Gasteiger partial charge >= 0.3 is 0 Å². The minimum absolute atomic E-state index is 0.116. The summed E-state index contributed by atoms with van der Waals surface area (Å²) in [5.41, 5.74) is 5.43. The lowest BCUT2D eigenvalue weighted by Crippen LogP contribution is -2.45. The van der Waals surface area contributed by atoms with Gasteiger partial charge < -0.3 is 5.73 Å². The predicted octanol–water partition coefficient (Wildman–Crippen LogP) is 0.229. The zero-order chi connectivity index (χ0) is 12.2. The van der Waals surface area contributed by atoms with Crippen LogP contribution in [0.15, 0.2) is 0 Å². The van der Waals surface area contributed by atoms with E-state index in [1.165, 1.54) is 4.31 Å². The SMILES string of the molecule is CC(CNS(=O)(=O)N1CCCCC1)C(N)=S. The van der Waals surface area contributed by atoms with E-state index in [-0.39, 0.29) is 12.5 Å². The van der Waals surface area contributed by atoms with Crippen molar-refractivity contribution in [3.05, 3.63) is 0 Å². The van der Waals surface area contributed by atoms with E-state index in [9.17, 15) is 8.42 Å². The third-order valence-corrected chi connectivity index (χ3v) is 4.69. The number of hydrogen-bond donors (Lipinski definition) is 2. The molecule has 1 unspecified atom stereocenters. The molecule has 0 aromatic rings. The van der Waals surface area contributed by atoms with E-state index in [1.807, 2.05) is 0 Å². The zero-order valence-electron chi connectivity index (χ0n) is 9.48. The number of piperidine rings is 1. The maximum absolute atomic E-state index is 11.8. The van der Waals surface area contributed by atoms with Crippen LogP contribution in [0.5, 0.6) is 0 Å². The molecular formula is C9H19N3O2S2. The van der Waals surface area contributed by atoms with E-state index in [1.54, 1.807) is 6.92 Å². The monoisotopic (exact) mass is 265 g/mol. The van der Waals surface area contributed by atoms with Crippen LogP contribution in [0.1, 0.15) is 26.2 Å². The third-order valence-electron chi connectivity index (χ3n) is 2.71. The fourth-order valence-corrected chi connectivity index (χ4v) is 2.99. The summed E-state index contributed by atoms with van der Waals surface area (Å²) in [6.07, 6.45) is 2.98. The molecule has 5 nitrogen and oxygen atoms in total. The Balaban J connectivity index is 2.47. The Morgan fingerprint density at radius 2 is 2.00 bits per heavy atom. The van der Waals surface area contributed by atoms with Crippen LogP contribution in [0.2, 0.25) is 0 Å². The highest BCUT2D eigenvalue weighted by Crippen LogP contribution is 2.11. The van der Waals surface area contributed by atoms with Crippen molar-refractivity contribution in [2.45, 2.75) is 26.2 Å². The fraction of sp³-hybridized carbons (Fsp3) is 0.889. The summed E-state index contributed by atoms with van der Waals surface area (Å²) in [5.74, 6) is -0.116. The molecule has 1 heterocycles. The molecule has 0 saturated carbocycles. The normalized spacial score (nSPS) is 20.6. The van der Waals surface area contributed by atoms with Crippen molar-refractivity contribution in [1.29, 1.82) is 0 Å². The van der Waals surface area contributed by atoms with Gasteiger partial charge in [-0.3, -0.25) is 0 Å². The van der Waals surface area contributed by atoms with Crippen molar-refractivity contribution in [1.82, 2.24) is 9.03 Å². The quantitative estimate of drug-likeness (QED) is 0.698. The second-order valence-corrected chi connectivity index (χ2v) is 6.34. The van der Waals surface area contributed by atoms with Crippen LogP contribution in [0.25, 0.3) is 0 Å². The molecule has 7 heteroatoms. The van der Waals surface area contributed by atoms with Gasteiger partial charge in [0.15, 0.2) is 0 Å². The summed E-state index contributed by atoms with van der Waals surface area (Å²) in [4.78, 5) is 0.335.